The second kappa shape index (κ2) is 6.08. The molecule has 25 heavy (non-hydrogen) atoms. The number of aromatic nitrogens is 1. The highest BCUT2D eigenvalue weighted by Gasteiger charge is 2.30. The molecule has 0 atom stereocenters. The van der Waals surface area contributed by atoms with Crippen LogP contribution in [-0.4, -0.2) is 18.1 Å². The Labute approximate surface area is 139 Å². The number of nitrogens with one attached hydrogen (secondary N) is 1. The molecule has 0 saturated heterocycles. The molecule has 0 radical (unpaired) electrons. The van der Waals surface area contributed by atoms with E-state index in [0.29, 0.717) is 16.5 Å². The van der Waals surface area contributed by atoms with Gasteiger partial charge in [-0.3, -0.25) is 4.79 Å². The van der Waals surface area contributed by atoms with E-state index in [1.165, 1.54) is 37.6 Å². The predicted octanol–water partition coefficient (Wildman–Crippen LogP) is 4.00. The van der Waals surface area contributed by atoms with Gasteiger partial charge in [0.1, 0.15) is 0 Å². The number of ether oxygens (including phenoxy) is 1. The minimum atomic E-state index is -4.42. The molecule has 0 saturated carbocycles. The number of pyridine rings is 1. The van der Waals surface area contributed by atoms with E-state index >= 15 is 0 Å². The molecule has 0 aliphatic rings. The second-order valence-corrected chi connectivity index (χ2v) is 5.36. The van der Waals surface area contributed by atoms with Gasteiger partial charge in [0.25, 0.3) is 5.56 Å². The smallest absolute Gasteiger partial charge is 0.416 e. The monoisotopic (exact) mass is 347 g/mol. The first kappa shape index (κ1) is 16.8. The number of methoxy groups -OCH3 is 1. The SMILES string of the molecule is COC(=O)c1ccc2c(-c3ccc(C(F)(F)F)cc3)c[nH]c(=O)c2c1. The van der Waals surface area contributed by atoms with Gasteiger partial charge in [-0.2, -0.15) is 13.2 Å². The maximum absolute atomic E-state index is 12.7. The molecule has 0 amide bonds. The van der Waals surface area contributed by atoms with Crippen LogP contribution in [0.2, 0.25) is 0 Å². The highest BCUT2D eigenvalue weighted by molar-refractivity contribution is 6.00. The Morgan fingerprint density at radius 1 is 1.04 bits per heavy atom. The van der Waals surface area contributed by atoms with Crippen LogP contribution in [0, 0.1) is 0 Å². The van der Waals surface area contributed by atoms with Crippen molar-refractivity contribution in [1.29, 1.82) is 0 Å². The Bertz CT molecular complexity index is 1000. The molecule has 0 aliphatic carbocycles. The number of carbonyl (C=O) groups excluding carboxylic acids is 1. The topological polar surface area (TPSA) is 59.2 Å². The van der Waals surface area contributed by atoms with E-state index in [4.69, 9.17) is 0 Å². The number of hydrogen-bond donors (Lipinski definition) is 1. The van der Waals surface area contributed by atoms with Gasteiger partial charge in [-0.25, -0.2) is 4.79 Å². The number of carbonyl (C=O) groups is 1. The average Bonchev–Trinajstić information content (AvgIpc) is 2.60. The number of hydrogen-bond acceptors (Lipinski definition) is 3. The van der Waals surface area contributed by atoms with E-state index < -0.39 is 23.3 Å². The van der Waals surface area contributed by atoms with Gasteiger partial charge >= 0.3 is 12.1 Å². The lowest BCUT2D eigenvalue weighted by Crippen LogP contribution is -2.08. The summed E-state index contributed by atoms with van der Waals surface area (Å²) in [5, 5.41) is 0.774. The van der Waals surface area contributed by atoms with Gasteiger partial charge < -0.3 is 9.72 Å². The molecule has 3 rings (SSSR count). The van der Waals surface area contributed by atoms with Crippen molar-refractivity contribution in [3.05, 3.63) is 70.1 Å². The fraction of sp³-hybridized carbons (Fsp3) is 0.111. The van der Waals surface area contributed by atoms with Crippen LogP contribution >= 0.6 is 0 Å². The fourth-order valence-corrected chi connectivity index (χ4v) is 2.58. The molecule has 4 nitrogen and oxygen atoms in total. The predicted molar refractivity (Wildman–Crippen MR) is 86.3 cm³/mol. The summed E-state index contributed by atoms with van der Waals surface area (Å²) in [6.45, 7) is 0. The molecule has 0 aliphatic heterocycles. The van der Waals surface area contributed by atoms with E-state index in [2.05, 4.69) is 9.72 Å². The fourth-order valence-electron chi connectivity index (χ4n) is 2.58. The first-order valence-electron chi connectivity index (χ1n) is 7.22. The molecule has 0 unspecified atom stereocenters. The van der Waals surface area contributed by atoms with E-state index in [1.807, 2.05) is 0 Å². The van der Waals surface area contributed by atoms with Crippen molar-refractivity contribution in [2.24, 2.45) is 0 Å². The van der Waals surface area contributed by atoms with Crippen molar-refractivity contribution < 1.29 is 22.7 Å². The minimum Gasteiger partial charge on any atom is -0.465 e. The Kier molecular flexibility index (Phi) is 4.08. The van der Waals surface area contributed by atoms with E-state index in [9.17, 15) is 22.8 Å². The molecule has 3 aromatic rings. The third-order valence-corrected chi connectivity index (χ3v) is 3.85. The van der Waals surface area contributed by atoms with Gasteiger partial charge in [-0.1, -0.05) is 18.2 Å². The lowest BCUT2D eigenvalue weighted by molar-refractivity contribution is -0.137. The van der Waals surface area contributed by atoms with Crippen molar-refractivity contribution in [1.82, 2.24) is 4.98 Å². The Morgan fingerprint density at radius 3 is 2.32 bits per heavy atom. The number of rotatable bonds is 2. The molecule has 1 aromatic heterocycles. The highest BCUT2D eigenvalue weighted by atomic mass is 19.4. The normalized spacial score (nSPS) is 11.5. The number of alkyl halides is 3. The summed E-state index contributed by atoms with van der Waals surface area (Å²) < 4.78 is 42.7. The summed E-state index contributed by atoms with van der Waals surface area (Å²) in [6.07, 6.45) is -2.98. The molecule has 1 heterocycles. The Balaban J connectivity index is 2.16. The summed E-state index contributed by atoms with van der Waals surface area (Å²) in [4.78, 5) is 26.2. The van der Waals surface area contributed by atoms with Crippen LogP contribution in [0.25, 0.3) is 21.9 Å². The van der Waals surface area contributed by atoms with E-state index in [1.54, 1.807) is 6.07 Å². The maximum atomic E-state index is 12.7. The molecular weight excluding hydrogens is 335 g/mol. The number of benzene rings is 2. The van der Waals surface area contributed by atoms with Crippen LogP contribution in [0.1, 0.15) is 15.9 Å². The first-order valence-corrected chi connectivity index (χ1v) is 7.22. The summed E-state index contributed by atoms with van der Waals surface area (Å²) in [5.41, 5.74) is 0.124. The Morgan fingerprint density at radius 2 is 1.72 bits per heavy atom. The summed E-state index contributed by atoms with van der Waals surface area (Å²) in [7, 11) is 1.23. The zero-order valence-electron chi connectivity index (χ0n) is 13.0. The van der Waals surface area contributed by atoms with Gasteiger partial charge in [-0.15, -0.1) is 0 Å². The van der Waals surface area contributed by atoms with E-state index in [-0.39, 0.29) is 10.9 Å². The molecule has 7 heteroatoms. The summed E-state index contributed by atoms with van der Waals surface area (Å²) in [6, 6.07) is 9.11. The van der Waals surface area contributed by atoms with Gasteiger partial charge in [0.05, 0.1) is 18.2 Å². The Hall–Kier alpha value is -3.09. The number of H-pyrrole nitrogens is 1. The maximum Gasteiger partial charge on any atom is 0.416 e. The van der Waals surface area contributed by atoms with Crippen LogP contribution in [-0.2, 0) is 10.9 Å². The lowest BCUT2D eigenvalue weighted by Gasteiger charge is -2.10. The van der Waals surface area contributed by atoms with Crippen molar-refractivity contribution in [3.8, 4) is 11.1 Å². The number of fused-ring (bicyclic) bond motifs is 1. The molecule has 128 valence electrons. The minimum absolute atomic E-state index is 0.213. The third kappa shape index (κ3) is 3.13. The first-order chi connectivity index (χ1) is 11.8. The van der Waals surface area contributed by atoms with E-state index in [0.717, 1.165) is 12.1 Å². The molecule has 0 spiro atoms. The largest absolute Gasteiger partial charge is 0.465 e. The zero-order valence-corrected chi connectivity index (χ0v) is 13.0. The third-order valence-electron chi connectivity index (χ3n) is 3.85. The van der Waals surface area contributed by atoms with Crippen molar-refractivity contribution in [2.75, 3.05) is 7.11 Å². The molecule has 0 fully saturated rings. The van der Waals surface area contributed by atoms with Crippen LogP contribution in [0.4, 0.5) is 13.2 Å². The molecule has 2 aromatic carbocycles. The van der Waals surface area contributed by atoms with Gasteiger partial charge in [0, 0.05) is 17.1 Å². The van der Waals surface area contributed by atoms with Crippen LogP contribution in [0.5, 0.6) is 0 Å². The van der Waals surface area contributed by atoms with Crippen molar-refractivity contribution >= 4 is 16.7 Å². The standard InChI is InChI=1S/C18H12F3NO3/c1-25-17(24)11-4-7-13-14(8-11)16(23)22-9-15(13)10-2-5-12(6-3-10)18(19,20)21/h2-9H,1H3,(H,22,23). The summed E-state index contributed by atoms with van der Waals surface area (Å²) in [5.74, 6) is -0.582. The number of halogens is 3. The van der Waals surface area contributed by atoms with Crippen molar-refractivity contribution in [3.63, 3.8) is 0 Å². The zero-order chi connectivity index (χ0) is 18.2. The highest BCUT2D eigenvalue weighted by Crippen LogP contribution is 2.32. The van der Waals surface area contributed by atoms with Crippen LogP contribution in [0.15, 0.2) is 53.5 Å². The quantitative estimate of drug-likeness (QED) is 0.713. The summed E-state index contributed by atoms with van der Waals surface area (Å²) >= 11 is 0. The number of esters is 1. The van der Waals surface area contributed by atoms with Crippen molar-refractivity contribution in [2.45, 2.75) is 6.18 Å². The van der Waals surface area contributed by atoms with Gasteiger partial charge in [0.2, 0.25) is 0 Å². The average molecular weight is 347 g/mol. The van der Waals surface area contributed by atoms with Crippen LogP contribution in [0.3, 0.4) is 0 Å². The molecule has 0 bridgehead atoms. The van der Waals surface area contributed by atoms with Gasteiger partial charge in [0.15, 0.2) is 0 Å². The molecule has 1 N–H and O–H groups in total. The number of aromatic amines is 1. The second-order valence-electron chi connectivity index (χ2n) is 5.36. The lowest BCUT2D eigenvalue weighted by atomic mass is 9.98. The van der Waals surface area contributed by atoms with Crippen LogP contribution < -0.4 is 5.56 Å². The van der Waals surface area contributed by atoms with Gasteiger partial charge in [-0.05, 0) is 35.2 Å². The molecular formula is C18H12F3NO3.